The van der Waals surface area contributed by atoms with Crippen LogP contribution in [0, 0.1) is 0 Å². The van der Waals surface area contributed by atoms with Crippen molar-refractivity contribution in [3.8, 4) is 0 Å². The molecule has 3 aromatic carbocycles. The fourth-order valence-electron chi connectivity index (χ4n) is 3.93. The van der Waals surface area contributed by atoms with Crippen molar-refractivity contribution in [1.29, 1.82) is 0 Å². The third-order valence-corrected chi connectivity index (χ3v) is 6.82. The number of aryl methyl sites for hydroxylation is 1. The van der Waals surface area contributed by atoms with E-state index in [1.54, 1.807) is 48.5 Å². The quantitative estimate of drug-likeness (QED) is 0.377. The average molecular weight is 533 g/mol. The fourth-order valence-corrected chi connectivity index (χ4v) is 4.76. The van der Waals surface area contributed by atoms with Gasteiger partial charge in [0.15, 0.2) is 11.4 Å². The van der Waals surface area contributed by atoms with Gasteiger partial charge in [0.25, 0.3) is 5.91 Å². The lowest BCUT2D eigenvalue weighted by atomic mass is 9.88. The van der Waals surface area contributed by atoms with Crippen molar-refractivity contribution < 1.29 is 14.7 Å². The highest BCUT2D eigenvalue weighted by molar-refractivity contribution is 9.10. The Hall–Kier alpha value is -2.18. The van der Waals surface area contributed by atoms with Crippen molar-refractivity contribution in [2.45, 2.75) is 31.9 Å². The molecule has 1 aliphatic rings. The molecule has 0 spiro atoms. The number of fused-ring (bicyclic) bond motifs is 1. The van der Waals surface area contributed by atoms with Crippen LogP contribution in [0.1, 0.15) is 40.4 Å². The lowest BCUT2D eigenvalue weighted by molar-refractivity contribution is -0.136. The number of benzene rings is 3. The van der Waals surface area contributed by atoms with Crippen LogP contribution in [-0.2, 0) is 23.4 Å². The molecule has 164 valence electrons. The third kappa shape index (κ3) is 4.23. The molecule has 0 saturated heterocycles. The lowest BCUT2D eigenvalue weighted by Crippen LogP contribution is -2.41. The molecule has 0 aliphatic carbocycles. The van der Waals surface area contributed by atoms with E-state index in [1.165, 1.54) is 4.90 Å². The van der Waals surface area contributed by atoms with E-state index in [9.17, 15) is 14.7 Å². The summed E-state index contributed by atoms with van der Waals surface area (Å²) in [7, 11) is 0. The number of Topliss-reactive ketones (excluding diaryl/α,β-unsaturated/α-hetero) is 1. The van der Waals surface area contributed by atoms with Crippen LogP contribution >= 0.6 is 39.1 Å². The molecule has 1 unspecified atom stereocenters. The highest BCUT2D eigenvalue weighted by atomic mass is 79.9. The molecule has 1 amide bonds. The second kappa shape index (κ2) is 8.99. The van der Waals surface area contributed by atoms with Crippen LogP contribution in [0.25, 0.3) is 0 Å². The zero-order chi connectivity index (χ0) is 23.0. The Kier molecular flexibility index (Phi) is 6.46. The first-order chi connectivity index (χ1) is 15.2. The molecule has 1 heterocycles. The number of nitrogens with zero attached hydrogens (tertiary/aromatic N) is 1. The molecule has 0 aromatic heterocycles. The van der Waals surface area contributed by atoms with Crippen molar-refractivity contribution in [3.63, 3.8) is 0 Å². The number of amides is 1. The fraction of sp³-hybridized carbons (Fsp3) is 0.200. The van der Waals surface area contributed by atoms with Gasteiger partial charge in [-0.1, -0.05) is 76.4 Å². The Morgan fingerprint density at radius 3 is 2.44 bits per heavy atom. The summed E-state index contributed by atoms with van der Waals surface area (Å²) in [6, 6.07) is 17.5. The molecular weight excluding hydrogens is 513 g/mol. The topological polar surface area (TPSA) is 57.6 Å². The number of carbonyl (C=O) groups excluding carboxylic acids is 2. The van der Waals surface area contributed by atoms with Crippen LogP contribution in [-0.4, -0.2) is 16.8 Å². The van der Waals surface area contributed by atoms with Crippen LogP contribution in [0.3, 0.4) is 0 Å². The van der Waals surface area contributed by atoms with Crippen LogP contribution in [0.5, 0.6) is 0 Å². The minimum Gasteiger partial charge on any atom is -0.375 e. The van der Waals surface area contributed by atoms with Gasteiger partial charge in [0.2, 0.25) is 0 Å². The Morgan fingerprint density at radius 1 is 1.06 bits per heavy atom. The Labute approximate surface area is 204 Å². The van der Waals surface area contributed by atoms with Crippen molar-refractivity contribution in [2.24, 2.45) is 0 Å². The van der Waals surface area contributed by atoms with Gasteiger partial charge in [-0.15, -0.1) is 0 Å². The first-order valence-corrected chi connectivity index (χ1v) is 11.7. The van der Waals surface area contributed by atoms with Gasteiger partial charge in [-0.05, 0) is 47.9 Å². The SMILES string of the molecule is CCc1ccc(C(=O)CC2(O)C(=O)N(Cc3ccc(Cl)cc3Cl)c3ccc(Br)cc32)cc1. The van der Waals surface area contributed by atoms with Crippen molar-refractivity contribution >= 4 is 56.5 Å². The summed E-state index contributed by atoms with van der Waals surface area (Å²) in [5.74, 6) is -0.865. The van der Waals surface area contributed by atoms with Crippen molar-refractivity contribution in [2.75, 3.05) is 4.90 Å². The zero-order valence-corrected chi connectivity index (χ0v) is 20.3. The predicted octanol–water partition coefficient (Wildman–Crippen LogP) is 6.33. The maximum absolute atomic E-state index is 13.5. The van der Waals surface area contributed by atoms with Crippen LogP contribution < -0.4 is 4.90 Å². The van der Waals surface area contributed by atoms with Gasteiger partial charge in [-0.25, -0.2) is 0 Å². The molecule has 3 aromatic rings. The molecule has 4 nitrogen and oxygen atoms in total. The van der Waals surface area contributed by atoms with E-state index in [-0.39, 0.29) is 18.7 Å². The molecule has 32 heavy (non-hydrogen) atoms. The normalized spacial score (nSPS) is 17.5. The number of carbonyl (C=O) groups is 2. The standard InChI is InChI=1S/C25H20BrCl2NO3/c1-2-15-3-5-16(6-4-15)23(30)13-25(32)20-11-18(26)8-10-22(20)29(24(25)31)14-17-7-9-19(27)12-21(17)28/h3-12,32H,2,13-14H2,1H3. The molecule has 0 bridgehead atoms. The van der Waals surface area contributed by atoms with Gasteiger partial charge < -0.3 is 10.0 Å². The summed E-state index contributed by atoms with van der Waals surface area (Å²) >= 11 is 15.7. The molecule has 4 rings (SSSR count). The van der Waals surface area contributed by atoms with Gasteiger partial charge >= 0.3 is 0 Å². The smallest absolute Gasteiger partial charge is 0.264 e. The molecule has 0 saturated carbocycles. The first kappa shape index (κ1) is 23.0. The van der Waals surface area contributed by atoms with E-state index in [1.807, 2.05) is 19.1 Å². The van der Waals surface area contributed by atoms with Crippen molar-refractivity contribution in [3.05, 3.63) is 97.4 Å². The highest BCUT2D eigenvalue weighted by Crippen LogP contribution is 2.45. The summed E-state index contributed by atoms with van der Waals surface area (Å²) < 4.78 is 0.702. The van der Waals surface area contributed by atoms with Crippen LogP contribution in [0.15, 0.2) is 65.1 Å². The van der Waals surface area contributed by atoms with Gasteiger partial charge in [-0.2, -0.15) is 0 Å². The minimum atomic E-state index is -1.97. The van der Waals surface area contributed by atoms with Gasteiger partial charge in [-0.3, -0.25) is 9.59 Å². The van der Waals surface area contributed by atoms with E-state index in [2.05, 4.69) is 15.9 Å². The Morgan fingerprint density at radius 2 is 1.78 bits per heavy atom. The number of hydrogen-bond donors (Lipinski definition) is 1. The van der Waals surface area contributed by atoms with E-state index >= 15 is 0 Å². The summed E-state index contributed by atoms with van der Waals surface area (Å²) in [4.78, 5) is 28.0. The molecule has 1 atom stereocenters. The largest absolute Gasteiger partial charge is 0.375 e. The third-order valence-electron chi connectivity index (χ3n) is 5.74. The first-order valence-electron chi connectivity index (χ1n) is 10.1. The maximum atomic E-state index is 13.5. The number of hydrogen-bond acceptors (Lipinski definition) is 3. The molecule has 7 heteroatoms. The molecule has 0 fully saturated rings. The Balaban J connectivity index is 1.69. The summed E-state index contributed by atoms with van der Waals surface area (Å²) in [5, 5.41) is 12.5. The molecule has 1 N–H and O–H groups in total. The van der Waals surface area contributed by atoms with Crippen LogP contribution in [0.4, 0.5) is 5.69 Å². The van der Waals surface area contributed by atoms with Crippen molar-refractivity contribution in [1.82, 2.24) is 0 Å². The molecular formula is C25H20BrCl2NO3. The summed E-state index contributed by atoms with van der Waals surface area (Å²) in [6.45, 7) is 2.18. The second-order valence-corrected chi connectivity index (χ2v) is 9.56. The number of rotatable bonds is 6. The number of anilines is 1. The zero-order valence-electron chi connectivity index (χ0n) is 17.2. The second-order valence-electron chi connectivity index (χ2n) is 7.80. The van der Waals surface area contributed by atoms with E-state index in [0.717, 1.165) is 12.0 Å². The Bertz CT molecular complexity index is 1210. The lowest BCUT2D eigenvalue weighted by Gasteiger charge is -2.23. The van der Waals surface area contributed by atoms with E-state index in [0.29, 0.717) is 36.9 Å². The monoisotopic (exact) mass is 531 g/mol. The average Bonchev–Trinajstić information content (AvgIpc) is 2.97. The number of aliphatic hydroxyl groups is 1. The maximum Gasteiger partial charge on any atom is 0.264 e. The minimum absolute atomic E-state index is 0.144. The van der Waals surface area contributed by atoms with E-state index < -0.39 is 11.5 Å². The van der Waals surface area contributed by atoms with Gasteiger partial charge in [0, 0.05) is 25.6 Å². The van der Waals surface area contributed by atoms with E-state index in [4.69, 9.17) is 23.2 Å². The number of ketones is 1. The summed E-state index contributed by atoms with van der Waals surface area (Å²) in [5.41, 5.74) is 1.21. The molecule has 1 aliphatic heterocycles. The number of halogens is 3. The van der Waals surface area contributed by atoms with Gasteiger partial charge in [0.05, 0.1) is 18.7 Å². The molecule has 0 radical (unpaired) electrons. The summed E-state index contributed by atoms with van der Waals surface area (Å²) in [6.07, 6.45) is 0.506. The predicted molar refractivity (Wildman–Crippen MR) is 130 cm³/mol. The van der Waals surface area contributed by atoms with Crippen LogP contribution in [0.2, 0.25) is 10.0 Å². The van der Waals surface area contributed by atoms with Gasteiger partial charge in [0.1, 0.15) is 0 Å². The highest BCUT2D eigenvalue weighted by Gasteiger charge is 2.51.